The minimum atomic E-state index is -3.62. The van der Waals surface area contributed by atoms with E-state index in [1.54, 1.807) is 13.8 Å². The first-order valence-electron chi connectivity index (χ1n) is 5.62. The Labute approximate surface area is 113 Å². The highest BCUT2D eigenvalue weighted by atomic mass is 32.2. The van der Waals surface area contributed by atoms with Crippen LogP contribution in [0.4, 0.5) is 0 Å². The number of carboxylic acid groups (broad SMARTS) is 1. The van der Waals surface area contributed by atoms with Gasteiger partial charge >= 0.3 is 5.97 Å². The molecule has 0 rings (SSSR count). The van der Waals surface area contributed by atoms with Crippen LogP contribution in [0.1, 0.15) is 20.3 Å². The van der Waals surface area contributed by atoms with E-state index in [9.17, 15) is 13.2 Å². The van der Waals surface area contributed by atoms with E-state index in [0.717, 1.165) is 0 Å². The summed E-state index contributed by atoms with van der Waals surface area (Å²) in [6, 6.07) is -1.07. The van der Waals surface area contributed by atoms with Crippen molar-refractivity contribution in [2.75, 3.05) is 24.4 Å². The predicted molar refractivity (Wildman–Crippen MR) is 72.4 cm³/mol. The van der Waals surface area contributed by atoms with Gasteiger partial charge in [-0.1, -0.05) is 0 Å². The minimum absolute atomic E-state index is 0.0491. The lowest BCUT2D eigenvalue weighted by atomic mass is 10.2. The summed E-state index contributed by atoms with van der Waals surface area (Å²) in [7, 11) is -3.62. The van der Waals surface area contributed by atoms with Gasteiger partial charge in [0.25, 0.3) is 0 Å². The van der Waals surface area contributed by atoms with E-state index in [1.807, 2.05) is 6.26 Å². The number of rotatable bonds is 10. The monoisotopic (exact) mass is 299 g/mol. The van der Waals surface area contributed by atoms with Gasteiger partial charge in [-0.3, -0.25) is 4.79 Å². The Morgan fingerprint density at radius 3 is 2.50 bits per heavy atom. The predicted octanol–water partition coefficient (Wildman–Crippen LogP) is 0.537. The Kier molecular flexibility index (Phi) is 8.58. The topological polar surface area (TPSA) is 92.7 Å². The van der Waals surface area contributed by atoms with E-state index in [0.29, 0.717) is 5.75 Å². The van der Waals surface area contributed by atoms with E-state index in [-0.39, 0.29) is 24.9 Å². The summed E-state index contributed by atoms with van der Waals surface area (Å²) in [5.74, 6) is -0.798. The van der Waals surface area contributed by atoms with Crippen molar-refractivity contribution in [3.63, 3.8) is 0 Å². The summed E-state index contributed by atoms with van der Waals surface area (Å²) >= 11 is 1.47. The quantitative estimate of drug-likeness (QED) is 0.611. The molecule has 0 spiro atoms. The molecule has 0 heterocycles. The van der Waals surface area contributed by atoms with Crippen LogP contribution in [0.5, 0.6) is 0 Å². The Bertz CT molecular complexity index is 342. The lowest BCUT2D eigenvalue weighted by Gasteiger charge is -2.14. The van der Waals surface area contributed by atoms with Gasteiger partial charge in [-0.2, -0.15) is 11.8 Å². The third-order valence-corrected chi connectivity index (χ3v) is 4.03. The molecule has 0 aliphatic heterocycles. The first kappa shape index (κ1) is 17.7. The van der Waals surface area contributed by atoms with Crippen LogP contribution in [0.25, 0.3) is 0 Å². The molecule has 8 heteroatoms. The number of thioether (sulfide) groups is 1. The fraction of sp³-hybridized carbons (Fsp3) is 0.900. The molecule has 0 unspecified atom stereocenters. The maximum absolute atomic E-state index is 11.6. The molecule has 0 aromatic rings. The number of carbonyl (C=O) groups is 1. The first-order valence-corrected chi connectivity index (χ1v) is 8.66. The van der Waals surface area contributed by atoms with Crippen molar-refractivity contribution in [1.29, 1.82) is 0 Å². The van der Waals surface area contributed by atoms with Gasteiger partial charge in [0.05, 0.1) is 18.5 Å². The van der Waals surface area contributed by atoms with Crippen molar-refractivity contribution < 1.29 is 23.1 Å². The third-order valence-electron chi connectivity index (χ3n) is 2.03. The number of hydrogen-bond acceptors (Lipinski definition) is 5. The second-order valence-electron chi connectivity index (χ2n) is 4.03. The smallest absolute Gasteiger partial charge is 0.321 e. The average molecular weight is 299 g/mol. The van der Waals surface area contributed by atoms with Crippen LogP contribution in [0.2, 0.25) is 0 Å². The molecule has 0 bridgehead atoms. The minimum Gasteiger partial charge on any atom is -0.480 e. The molecule has 2 N–H and O–H groups in total. The molecular formula is C10H21NO5S2. The standard InChI is InChI=1S/C10H21NO5S2/c1-8(2)16-5-7-18(14,15)11-9(10(12)13)4-6-17-3/h8-9,11H,4-7H2,1-3H3,(H,12,13)/t9-/m1/s1. The molecule has 0 fully saturated rings. The molecule has 0 amide bonds. The summed E-state index contributed by atoms with van der Waals surface area (Å²) in [4.78, 5) is 10.9. The third kappa shape index (κ3) is 8.73. The molecule has 0 aliphatic rings. The van der Waals surface area contributed by atoms with Crippen molar-refractivity contribution in [2.45, 2.75) is 32.4 Å². The van der Waals surface area contributed by atoms with Crippen molar-refractivity contribution in [2.24, 2.45) is 0 Å². The molecule has 0 aliphatic carbocycles. The van der Waals surface area contributed by atoms with Crippen molar-refractivity contribution in [1.82, 2.24) is 4.72 Å². The van der Waals surface area contributed by atoms with Crippen LogP contribution in [0.3, 0.4) is 0 Å². The number of ether oxygens (including phenoxy) is 1. The number of hydrogen-bond donors (Lipinski definition) is 2. The number of carboxylic acids is 1. The zero-order valence-electron chi connectivity index (χ0n) is 10.9. The zero-order chi connectivity index (χ0) is 14.2. The fourth-order valence-electron chi connectivity index (χ4n) is 1.14. The SMILES string of the molecule is CSCC[C@@H](NS(=O)(=O)CCOC(C)C)C(=O)O. The summed E-state index contributed by atoms with van der Waals surface area (Å²) < 4.78 is 30.6. The maximum Gasteiger partial charge on any atom is 0.321 e. The highest BCUT2D eigenvalue weighted by Crippen LogP contribution is 2.03. The van der Waals surface area contributed by atoms with Crippen LogP contribution < -0.4 is 4.72 Å². The molecular weight excluding hydrogens is 278 g/mol. The second-order valence-corrected chi connectivity index (χ2v) is 6.89. The highest BCUT2D eigenvalue weighted by Gasteiger charge is 2.23. The van der Waals surface area contributed by atoms with Crippen LogP contribution in [-0.2, 0) is 19.6 Å². The molecule has 0 saturated heterocycles. The van der Waals surface area contributed by atoms with Gasteiger partial charge in [-0.25, -0.2) is 13.1 Å². The molecule has 0 aromatic carbocycles. The van der Waals surface area contributed by atoms with Gasteiger partial charge in [0.1, 0.15) is 6.04 Å². The molecule has 0 aromatic heterocycles. The largest absolute Gasteiger partial charge is 0.480 e. The number of aliphatic carboxylic acids is 1. The van der Waals surface area contributed by atoms with Gasteiger partial charge < -0.3 is 9.84 Å². The lowest BCUT2D eigenvalue weighted by Crippen LogP contribution is -2.42. The summed E-state index contributed by atoms with van der Waals surface area (Å²) in [6.07, 6.45) is 2.05. The lowest BCUT2D eigenvalue weighted by molar-refractivity contribution is -0.139. The molecule has 108 valence electrons. The van der Waals surface area contributed by atoms with E-state index in [1.165, 1.54) is 11.8 Å². The van der Waals surface area contributed by atoms with Crippen LogP contribution >= 0.6 is 11.8 Å². The number of nitrogens with one attached hydrogen (secondary N) is 1. The highest BCUT2D eigenvalue weighted by molar-refractivity contribution is 7.98. The number of sulfonamides is 1. The van der Waals surface area contributed by atoms with E-state index < -0.39 is 22.0 Å². The van der Waals surface area contributed by atoms with Gasteiger partial charge in [0, 0.05) is 0 Å². The van der Waals surface area contributed by atoms with E-state index in [4.69, 9.17) is 9.84 Å². The Morgan fingerprint density at radius 2 is 2.06 bits per heavy atom. The van der Waals surface area contributed by atoms with Gasteiger partial charge in [-0.15, -0.1) is 0 Å². The van der Waals surface area contributed by atoms with Gasteiger partial charge in [0.15, 0.2) is 0 Å². The van der Waals surface area contributed by atoms with Crippen molar-refractivity contribution in [3.8, 4) is 0 Å². The van der Waals surface area contributed by atoms with Gasteiger partial charge in [-0.05, 0) is 32.3 Å². The Balaban J connectivity index is 4.28. The molecule has 0 radical (unpaired) electrons. The zero-order valence-corrected chi connectivity index (χ0v) is 12.5. The van der Waals surface area contributed by atoms with Crippen LogP contribution in [0.15, 0.2) is 0 Å². The second kappa shape index (κ2) is 8.73. The van der Waals surface area contributed by atoms with E-state index in [2.05, 4.69) is 4.72 Å². The summed E-state index contributed by atoms with van der Waals surface area (Å²) in [5, 5.41) is 8.91. The average Bonchev–Trinajstić information content (AvgIpc) is 2.22. The molecule has 1 atom stereocenters. The first-order chi connectivity index (χ1) is 8.28. The Morgan fingerprint density at radius 1 is 1.44 bits per heavy atom. The fourth-order valence-corrected chi connectivity index (χ4v) is 2.69. The van der Waals surface area contributed by atoms with E-state index >= 15 is 0 Å². The van der Waals surface area contributed by atoms with Crippen LogP contribution in [-0.4, -0.2) is 56.0 Å². The van der Waals surface area contributed by atoms with Gasteiger partial charge in [0.2, 0.25) is 10.0 Å². The molecule has 18 heavy (non-hydrogen) atoms. The summed E-state index contributed by atoms with van der Waals surface area (Å²) in [5.41, 5.74) is 0. The Hall–Kier alpha value is -0.310. The van der Waals surface area contributed by atoms with Crippen LogP contribution in [0, 0.1) is 0 Å². The molecule has 6 nitrogen and oxygen atoms in total. The maximum atomic E-state index is 11.6. The van der Waals surface area contributed by atoms with Crippen molar-refractivity contribution >= 4 is 27.8 Å². The molecule has 0 saturated carbocycles. The summed E-state index contributed by atoms with van der Waals surface area (Å²) in [6.45, 7) is 3.67. The normalized spacial score (nSPS) is 13.8. The van der Waals surface area contributed by atoms with Crippen molar-refractivity contribution in [3.05, 3.63) is 0 Å².